The number of ether oxygens (including phenoxy) is 1. The lowest BCUT2D eigenvalue weighted by atomic mass is 10.1. The number of hydrogen-bond acceptors (Lipinski definition) is 6. The molecule has 7 nitrogen and oxygen atoms in total. The van der Waals surface area contributed by atoms with Gasteiger partial charge in [-0.05, 0) is 42.6 Å². The maximum absolute atomic E-state index is 13.1. The second kappa shape index (κ2) is 8.48. The van der Waals surface area contributed by atoms with E-state index in [1.807, 2.05) is 73.7 Å². The highest BCUT2D eigenvalue weighted by atomic mass is 32.1. The van der Waals surface area contributed by atoms with E-state index in [2.05, 4.69) is 15.4 Å². The zero-order chi connectivity index (χ0) is 22.9. The number of carbonyl (C=O) groups is 1. The van der Waals surface area contributed by atoms with Gasteiger partial charge in [-0.3, -0.25) is 9.59 Å². The van der Waals surface area contributed by atoms with Crippen molar-refractivity contribution in [2.45, 2.75) is 13.5 Å². The maximum atomic E-state index is 13.1. The van der Waals surface area contributed by atoms with E-state index >= 15 is 0 Å². The van der Waals surface area contributed by atoms with E-state index in [4.69, 9.17) is 4.74 Å². The average molecular weight is 457 g/mol. The molecule has 164 valence electrons. The van der Waals surface area contributed by atoms with Crippen LogP contribution in [0.4, 0.5) is 5.69 Å². The molecule has 2 aromatic heterocycles. The van der Waals surface area contributed by atoms with Crippen LogP contribution >= 0.6 is 11.3 Å². The van der Waals surface area contributed by atoms with Crippen molar-refractivity contribution in [1.82, 2.24) is 14.8 Å². The number of nitrogens with one attached hydrogen (secondary N) is 1. The van der Waals surface area contributed by atoms with Crippen LogP contribution in [0, 0.1) is 6.92 Å². The van der Waals surface area contributed by atoms with Crippen molar-refractivity contribution in [2.24, 2.45) is 0 Å². The molecule has 0 bridgehead atoms. The zero-order valence-electron chi connectivity index (χ0n) is 18.0. The second-order valence-corrected chi connectivity index (χ2v) is 8.73. The van der Waals surface area contributed by atoms with Gasteiger partial charge in [0, 0.05) is 16.6 Å². The molecular formula is C25H20N4O3S. The number of methoxy groups -OCH3 is 1. The molecule has 0 unspecified atom stereocenters. The van der Waals surface area contributed by atoms with Gasteiger partial charge in [0.05, 0.1) is 16.8 Å². The highest BCUT2D eigenvalue weighted by Gasteiger charge is 2.18. The third-order valence-electron chi connectivity index (χ3n) is 5.33. The Bertz CT molecular complexity index is 1550. The molecule has 0 saturated carbocycles. The number of aryl methyl sites for hydroxylation is 1. The van der Waals surface area contributed by atoms with Crippen molar-refractivity contribution in [3.8, 4) is 17.0 Å². The number of aromatic nitrogens is 3. The monoisotopic (exact) mass is 456 g/mol. The van der Waals surface area contributed by atoms with Crippen LogP contribution in [0.25, 0.3) is 32.2 Å². The van der Waals surface area contributed by atoms with E-state index in [0.29, 0.717) is 21.6 Å². The van der Waals surface area contributed by atoms with E-state index in [1.54, 1.807) is 7.11 Å². The third kappa shape index (κ3) is 3.96. The van der Waals surface area contributed by atoms with Crippen LogP contribution in [0.1, 0.15) is 5.01 Å². The van der Waals surface area contributed by atoms with Gasteiger partial charge in [0.15, 0.2) is 5.52 Å². The van der Waals surface area contributed by atoms with Gasteiger partial charge in [0.25, 0.3) is 5.56 Å². The molecule has 5 rings (SSSR count). The Kier molecular flexibility index (Phi) is 5.35. The maximum Gasteiger partial charge on any atom is 0.294 e. The zero-order valence-corrected chi connectivity index (χ0v) is 18.8. The fraction of sp³-hybridized carbons (Fsp3) is 0.120. The van der Waals surface area contributed by atoms with E-state index in [-0.39, 0.29) is 18.0 Å². The lowest BCUT2D eigenvalue weighted by Gasteiger charge is -2.11. The van der Waals surface area contributed by atoms with Crippen LogP contribution in [-0.4, -0.2) is 27.8 Å². The Balaban J connectivity index is 1.53. The van der Waals surface area contributed by atoms with Crippen LogP contribution in [0.5, 0.6) is 5.75 Å². The number of nitrogens with zero attached hydrogens (tertiary/aromatic N) is 3. The highest BCUT2D eigenvalue weighted by molar-refractivity contribution is 7.19. The first-order valence-corrected chi connectivity index (χ1v) is 11.2. The number of thiazole rings is 1. The number of amides is 1. The molecule has 2 heterocycles. The summed E-state index contributed by atoms with van der Waals surface area (Å²) in [5, 5.41) is 10.2. The molecule has 3 aromatic carbocycles. The summed E-state index contributed by atoms with van der Waals surface area (Å²) < 4.78 is 7.13. The molecule has 0 fully saturated rings. The minimum absolute atomic E-state index is 0.224. The molecular weight excluding hydrogens is 436 g/mol. The Morgan fingerprint density at radius 3 is 2.61 bits per heavy atom. The topological polar surface area (TPSA) is 86.1 Å². The molecule has 0 atom stereocenters. The van der Waals surface area contributed by atoms with Gasteiger partial charge >= 0.3 is 0 Å². The molecule has 0 aliphatic carbocycles. The van der Waals surface area contributed by atoms with E-state index in [1.165, 1.54) is 16.0 Å². The summed E-state index contributed by atoms with van der Waals surface area (Å²) in [5.41, 5.74) is 2.03. The number of fused-ring (bicyclic) bond motifs is 2. The summed E-state index contributed by atoms with van der Waals surface area (Å²) in [6, 6.07) is 20.9. The normalized spacial score (nSPS) is 11.1. The molecule has 5 aromatic rings. The highest BCUT2D eigenvalue weighted by Crippen LogP contribution is 2.30. The van der Waals surface area contributed by atoms with Crippen molar-refractivity contribution in [1.29, 1.82) is 0 Å². The van der Waals surface area contributed by atoms with Gasteiger partial charge in [-0.15, -0.1) is 11.3 Å². The molecule has 0 saturated heterocycles. The molecule has 0 spiro atoms. The first kappa shape index (κ1) is 20.8. The van der Waals surface area contributed by atoms with Gasteiger partial charge in [-0.25, -0.2) is 9.67 Å². The van der Waals surface area contributed by atoms with Gasteiger partial charge in [-0.2, -0.15) is 5.10 Å². The quantitative estimate of drug-likeness (QED) is 0.417. The molecule has 1 amide bonds. The predicted octanol–water partition coefficient (Wildman–Crippen LogP) is 4.63. The molecule has 1 N–H and O–H groups in total. The summed E-state index contributed by atoms with van der Waals surface area (Å²) in [5.74, 6) is 0.381. The van der Waals surface area contributed by atoms with Crippen molar-refractivity contribution < 1.29 is 9.53 Å². The Morgan fingerprint density at radius 1 is 1.06 bits per heavy atom. The van der Waals surface area contributed by atoms with Crippen LogP contribution in [0.15, 0.2) is 71.5 Å². The summed E-state index contributed by atoms with van der Waals surface area (Å²) in [4.78, 5) is 30.4. The largest absolute Gasteiger partial charge is 0.497 e. The van der Waals surface area contributed by atoms with Crippen molar-refractivity contribution in [3.05, 3.63) is 82.1 Å². The second-order valence-electron chi connectivity index (χ2n) is 7.53. The SMILES string of the molecule is COc1ccc(-c2nn(CC(=O)Nc3cccc4ccccc34)c(=O)c3nc(C)sc23)cc1. The Hall–Kier alpha value is -4.04. The first-order chi connectivity index (χ1) is 16.0. The molecule has 0 aliphatic heterocycles. The number of benzene rings is 3. The molecule has 33 heavy (non-hydrogen) atoms. The standard InChI is InChI=1S/C25H20N4O3S/c1-15-26-23-24(33-15)22(17-10-12-18(32-2)13-11-17)28-29(25(23)31)14-21(30)27-20-9-5-7-16-6-3-4-8-19(16)20/h3-13H,14H2,1-2H3,(H,27,30). The van der Waals surface area contributed by atoms with E-state index in [9.17, 15) is 9.59 Å². The first-order valence-electron chi connectivity index (χ1n) is 10.3. The summed E-state index contributed by atoms with van der Waals surface area (Å²) in [7, 11) is 1.60. The number of carbonyl (C=O) groups excluding carboxylic acids is 1. The number of anilines is 1. The Labute approximate surface area is 193 Å². The summed E-state index contributed by atoms with van der Waals surface area (Å²) in [6.07, 6.45) is 0. The van der Waals surface area contributed by atoms with Gasteiger partial charge in [0.1, 0.15) is 18.0 Å². The molecule has 0 aliphatic rings. The molecule has 8 heteroatoms. The summed E-state index contributed by atoms with van der Waals surface area (Å²) >= 11 is 1.41. The van der Waals surface area contributed by atoms with E-state index < -0.39 is 0 Å². The van der Waals surface area contributed by atoms with Crippen molar-refractivity contribution >= 4 is 43.9 Å². The van der Waals surface area contributed by atoms with Crippen LogP contribution in [0.3, 0.4) is 0 Å². The fourth-order valence-electron chi connectivity index (χ4n) is 3.77. The average Bonchev–Trinajstić information content (AvgIpc) is 3.23. The smallest absolute Gasteiger partial charge is 0.294 e. The predicted molar refractivity (Wildman–Crippen MR) is 131 cm³/mol. The van der Waals surface area contributed by atoms with Crippen molar-refractivity contribution in [2.75, 3.05) is 12.4 Å². The van der Waals surface area contributed by atoms with E-state index in [0.717, 1.165) is 27.1 Å². The van der Waals surface area contributed by atoms with Gasteiger partial charge in [0.2, 0.25) is 5.91 Å². The lowest BCUT2D eigenvalue weighted by molar-refractivity contribution is -0.117. The van der Waals surface area contributed by atoms with Crippen LogP contribution in [0.2, 0.25) is 0 Å². The minimum atomic E-state index is -0.389. The lowest BCUT2D eigenvalue weighted by Crippen LogP contribution is -2.30. The number of rotatable bonds is 5. The molecule has 0 radical (unpaired) electrons. The van der Waals surface area contributed by atoms with Gasteiger partial charge < -0.3 is 10.1 Å². The van der Waals surface area contributed by atoms with Crippen molar-refractivity contribution in [3.63, 3.8) is 0 Å². The Morgan fingerprint density at radius 2 is 1.82 bits per heavy atom. The summed E-state index contributed by atoms with van der Waals surface area (Å²) in [6.45, 7) is 1.62. The fourth-order valence-corrected chi connectivity index (χ4v) is 4.69. The third-order valence-corrected chi connectivity index (χ3v) is 6.30. The minimum Gasteiger partial charge on any atom is -0.497 e. The van der Waals surface area contributed by atoms with Gasteiger partial charge in [-0.1, -0.05) is 36.4 Å². The van der Waals surface area contributed by atoms with Crippen LogP contribution < -0.4 is 15.6 Å². The number of hydrogen-bond donors (Lipinski definition) is 1. The van der Waals surface area contributed by atoms with Crippen LogP contribution in [-0.2, 0) is 11.3 Å².